The van der Waals surface area contributed by atoms with E-state index in [1.54, 1.807) is 29.0 Å². The van der Waals surface area contributed by atoms with Crippen molar-refractivity contribution in [3.8, 4) is 0 Å². The third kappa shape index (κ3) is 4.38. The lowest BCUT2D eigenvalue weighted by Crippen LogP contribution is -2.35. The van der Waals surface area contributed by atoms with Gasteiger partial charge in [-0.1, -0.05) is 12.1 Å². The number of rotatable bonds is 4. The van der Waals surface area contributed by atoms with Crippen LogP contribution < -0.4 is 5.56 Å². The second kappa shape index (κ2) is 8.27. The van der Waals surface area contributed by atoms with Crippen molar-refractivity contribution in [1.82, 2.24) is 14.4 Å². The molecular formula is C20H24FN3O2. The van der Waals surface area contributed by atoms with Crippen LogP contribution in [0.25, 0.3) is 0 Å². The Kier molecular flexibility index (Phi) is 5.83. The predicted molar refractivity (Wildman–Crippen MR) is 98.6 cm³/mol. The van der Waals surface area contributed by atoms with E-state index in [2.05, 4.69) is 4.90 Å². The summed E-state index contributed by atoms with van der Waals surface area (Å²) in [7, 11) is 0. The Bertz CT molecular complexity index is 817. The zero-order valence-electron chi connectivity index (χ0n) is 15.0. The van der Waals surface area contributed by atoms with Gasteiger partial charge in [-0.2, -0.15) is 0 Å². The van der Waals surface area contributed by atoms with E-state index in [9.17, 15) is 14.0 Å². The van der Waals surface area contributed by atoms with Gasteiger partial charge < -0.3 is 9.47 Å². The normalized spacial score (nSPS) is 15.7. The molecule has 0 spiro atoms. The summed E-state index contributed by atoms with van der Waals surface area (Å²) in [5.74, 6) is -0.319. The standard InChI is InChI=1S/C20H24FN3O2/c1-2-23-11-8-17(14-19(23)25)20(26)24-10-3-9-22(12-13-24)15-16-4-6-18(21)7-5-16/h4-8,11,14H,2-3,9-10,12-13,15H2,1H3. The van der Waals surface area contributed by atoms with Gasteiger partial charge in [-0.05, 0) is 37.1 Å². The molecular weight excluding hydrogens is 333 g/mol. The highest BCUT2D eigenvalue weighted by atomic mass is 19.1. The first-order valence-electron chi connectivity index (χ1n) is 9.03. The molecule has 0 saturated carbocycles. The fourth-order valence-electron chi connectivity index (χ4n) is 3.26. The molecule has 5 nitrogen and oxygen atoms in total. The highest BCUT2D eigenvalue weighted by Crippen LogP contribution is 2.12. The molecule has 0 atom stereocenters. The number of carbonyl (C=O) groups excluding carboxylic acids is 1. The lowest BCUT2D eigenvalue weighted by molar-refractivity contribution is 0.0760. The summed E-state index contributed by atoms with van der Waals surface area (Å²) in [5.41, 5.74) is 1.37. The summed E-state index contributed by atoms with van der Waals surface area (Å²) in [5, 5.41) is 0. The molecule has 0 radical (unpaired) electrons. The molecule has 1 aromatic carbocycles. The fraction of sp³-hybridized carbons (Fsp3) is 0.400. The lowest BCUT2D eigenvalue weighted by atomic mass is 10.2. The molecule has 0 aliphatic carbocycles. The van der Waals surface area contributed by atoms with Gasteiger partial charge >= 0.3 is 0 Å². The molecule has 1 saturated heterocycles. The molecule has 0 N–H and O–H groups in total. The number of benzene rings is 1. The Balaban J connectivity index is 1.62. The molecule has 0 bridgehead atoms. The Morgan fingerprint density at radius 2 is 1.85 bits per heavy atom. The van der Waals surface area contributed by atoms with Crippen molar-refractivity contribution in [2.75, 3.05) is 26.2 Å². The monoisotopic (exact) mass is 357 g/mol. The van der Waals surface area contributed by atoms with Crippen LogP contribution in [0.3, 0.4) is 0 Å². The van der Waals surface area contributed by atoms with Crippen LogP contribution in [0.2, 0.25) is 0 Å². The van der Waals surface area contributed by atoms with Gasteiger partial charge in [-0.25, -0.2) is 4.39 Å². The molecule has 1 amide bonds. The fourth-order valence-corrected chi connectivity index (χ4v) is 3.26. The van der Waals surface area contributed by atoms with Crippen molar-refractivity contribution in [1.29, 1.82) is 0 Å². The van der Waals surface area contributed by atoms with Crippen LogP contribution in [-0.2, 0) is 13.1 Å². The number of aromatic nitrogens is 1. The molecule has 2 heterocycles. The van der Waals surface area contributed by atoms with E-state index < -0.39 is 0 Å². The minimum absolute atomic E-state index is 0.0889. The Morgan fingerprint density at radius 1 is 1.08 bits per heavy atom. The molecule has 3 rings (SSSR count). The zero-order valence-corrected chi connectivity index (χ0v) is 15.0. The minimum atomic E-state index is -0.230. The van der Waals surface area contributed by atoms with Crippen molar-refractivity contribution >= 4 is 5.91 Å². The lowest BCUT2D eigenvalue weighted by Gasteiger charge is -2.22. The van der Waals surface area contributed by atoms with Crippen LogP contribution >= 0.6 is 0 Å². The molecule has 0 unspecified atom stereocenters. The van der Waals surface area contributed by atoms with E-state index in [4.69, 9.17) is 0 Å². The van der Waals surface area contributed by atoms with Gasteiger partial charge in [0.05, 0.1) is 0 Å². The van der Waals surface area contributed by atoms with Crippen molar-refractivity contribution in [2.45, 2.75) is 26.4 Å². The van der Waals surface area contributed by atoms with Gasteiger partial charge in [0.25, 0.3) is 11.5 Å². The van der Waals surface area contributed by atoms with Crippen molar-refractivity contribution < 1.29 is 9.18 Å². The molecule has 1 aromatic heterocycles. The van der Waals surface area contributed by atoms with E-state index in [0.717, 1.165) is 31.6 Å². The number of nitrogens with zero attached hydrogens (tertiary/aromatic N) is 3. The van der Waals surface area contributed by atoms with E-state index >= 15 is 0 Å². The van der Waals surface area contributed by atoms with Crippen LogP contribution in [0.1, 0.15) is 29.3 Å². The average Bonchev–Trinajstić information content (AvgIpc) is 2.88. The highest BCUT2D eigenvalue weighted by Gasteiger charge is 2.20. The third-order valence-electron chi connectivity index (χ3n) is 4.78. The van der Waals surface area contributed by atoms with E-state index in [1.165, 1.54) is 18.2 Å². The topological polar surface area (TPSA) is 45.6 Å². The molecule has 6 heteroatoms. The van der Waals surface area contributed by atoms with Crippen molar-refractivity contribution in [3.05, 3.63) is 69.9 Å². The van der Waals surface area contributed by atoms with Gasteiger partial charge in [0, 0.05) is 57.1 Å². The van der Waals surface area contributed by atoms with Crippen LogP contribution in [-0.4, -0.2) is 46.5 Å². The average molecular weight is 357 g/mol. The summed E-state index contributed by atoms with van der Waals surface area (Å²) in [6.45, 7) is 6.18. The minimum Gasteiger partial charge on any atom is -0.337 e. The first-order chi connectivity index (χ1) is 12.6. The summed E-state index contributed by atoms with van der Waals surface area (Å²) in [6, 6.07) is 9.68. The first kappa shape index (κ1) is 18.3. The number of amides is 1. The Labute approximate surface area is 152 Å². The Morgan fingerprint density at radius 3 is 2.54 bits per heavy atom. The maximum absolute atomic E-state index is 13.0. The Hall–Kier alpha value is -2.47. The van der Waals surface area contributed by atoms with Gasteiger partial charge in [0.2, 0.25) is 0 Å². The molecule has 1 aliphatic rings. The maximum atomic E-state index is 13.0. The van der Waals surface area contributed by atoms with Crippen LogP contribution in [0.15, 0.2) is 47.4 Å². The van der Waals surface area contributed by atoms with Crippen molar-refractivity contribution in [2.24, 2.45) is 0 Å². The molecule has 1 fully saturated rings. The van der Waals surface area contributed by atoms with Gasteiger partial charge in [0.1, 0.15) is 5.82 Å². The third-order valence-corrected chi connectivity index (χ3v) is 4.78. The first-order valence-corrected chi connectivity index (χ1v) is 9.03. The number of pyridine rings is 1. The largest absolute Gasteiger partial charge is 0.337 e. The molecule has 2 aromatic rings. The van der Waals surface area contributed by atoms with Crippen LogP contribution in [0, 0.1) is 5.82 Å². The number of aryl methyl sites for hydroxylation is 1. The van der Waals surface area contributed by atoms with Gasteiger partial charge in [-0.15, -0.1) is 0 Å². The van der Waals surface area contributed by atoms with Crippen LogP contribution in [0.4, 0.5) is 4.39 Å². The zero-order chi connectivity index (χ0) is 18.5. The second-order valence-corrected chi connectivity index (χ2v) is 6.59. The SMILES string of the molecule is CCn1ccc(C(=O)N2CCCN(Cc3ccc(F)cc3)CC2)cc1=O. The number of hydrogen-bond donors (Lipinski definition) is 0. The van der Waals surface area contributed by atoms with Gasteiger partial charge in [-0.3, -0.25) is 14.5 Å². The quantitative estimate of drug-likeness (QED) is 0.844. The van der Waals surface area contributed by atoms with Crippen molar-refractivity contribution in [3.63, 3.8) is 0 Å². The van der Waals surface area contributed by atoms with Crippen LogP contribution in [0.5, 0.6) is 0 Å². The van der Waals surface area contributed by atoms with Gasteiger partial charge in [0.15, 0.2) is 0 Å². The molecule has 1 aliphatic heterocycles. The number of carbonyl (C=O) groups is 1. The smallest absolute Gasteiger partial charge is 0.254 e. The van der Waals surface area contributed by atoms with E-state index in [0.29, 0.717) is 25.2 Å². The highest BCUT2D eigenvalue weighted by molar-refractivity contribution is 5.94. The summed E-state index contributed by atoms with van der Waals surface area (Å²) >= 11 is 0. The molecule has 138 valence electrons. The predicted octanol–water partition coefficient (Wildman–Crippen LogP) is 2.36. The van der Waals surface area contributed by atoms with E-state index in [1.807, 2.05) is 11.8 Å². The summed E-state index contributed by atoms with van der Waals surface area (Å²) in [6.07, 6.45) is 2.55. The number of hydrogen-bond acceptors (Lipinski definition) is 3. The number of halogens is 1. The van der Waals surface area contributed by atoms with E-state index in [-0.39, 0.29) is 17.3 Å². The second-order valence-electron chi connectivity index (χ2n) is 6.59. The summed E-state index contributed by atoms with van der Waals surface area (Å²) in [4.78, 5) is 28.8. The summed E-state index contributed by atoms with van der Waals surface area (Å²) < 4.78 is 14.6. The maximum Gasteiger partial charge on any atom is 0.254 e. The molecule has 26 heavy (non-hydrogen) atoms.